The van der Waals surface area contributed by atoms with Crippen LogP contribution in [0.5, 0.6) is 0 Å². The van der Waals surface area contributed by atoms with Gasteiger partial charge in [-0.2, -0.15) is 5.10 Å². The Hall–Kier alpha value is -4.41. The van der Waals surface area contributed by atoms with Crippen molar-refractivity contribution in [3.8, 4) is 0 Å². The number of hydrogen-bond acceptors (Lipinski definition) is 8. The number of nitrogen functional groups attached to an aromatic ring is 1. The monoisotopic (exact) mass is 563 g/mol. The van der Waals surface area contributed by atoms with E-state index in [1.54, 1.807) is 4.52 Å². The van der Waals surface area contributed by atoms with Crippen LogP contribution in [-0.2, 0) is 44.4 Å². The number of fused-ring (bicyclic) bond motifs is 1. The molecule has 42 heavy (non-hydrogen) atoms. The van der Waals surface area contributed by atoms with Crippen LogP contribution >= 0.6 is 0 Å². The summed E-state index contributed by atoms with van der Waals surface area (Å²) in [7, 11) is 0. The van der Waals surface area contributed by atoms with Gasteiger partial charge in [0.25, 0.3) is 0 Å². The van der Waals surface area contributed by atoms with Gasteiger partial charge in [-0.1, -0.05) is 91.0 Å². The molecule has 1 aliphatic rings. The van der Waals surface area contributed by atoms with Crippen molar-refractivity contribution in [2.75, 3.05) is 12.3 Å². The third-order valence-corrected chi connectivity index (χ3v) is 7.48. The predicted molar refractivity (Wildman–Crippen MR) is 159 cm³/mol. The van der Waals surface area contributed by atoms with Crippen molar-refractivity contribution in [1.29, 1.82) is 5.41 Å². The molecule has 0 aliphatic carbocycles. The fourth-order valence-electron chi connectivity index (χ4n) is 5.40. The minimum atomic E-state index is -1.34. The van der Waals surface area contributed by atoms with Gasteiger partial charge < -0.3 is 30.1 Å². The van der Waals surface area contributed by atoms with Crippen LogP contribution in [0.1, 0.15) is 22.4 Å². The molecule has 4 atom stereocenters. The molecule has 1 fully saturated rings. The largest absolute Gasteiger partial charge is 0.382 e. The first kappa shape index (κ1) is 27.7. The Morgan fingerprint density at radius 1 is 0.810 bits per heavy atom. The van der Waals surface area contributed by atoms with Gasteiger partial charge in [0.15, 0.2) is 11.4 Å². The van der Waals surface area contributed by atoms with Gasteiger partial charge in [-0.15, -0.1) is 0 Å². The number of rotatable bonds is 12. The van der Waals surface area contributed by atoms with Crippen LogP contribution < -0.4 is 5.73 Å². The minimum absolute atomic E-state index is 0.232. The number of nitrogens with two attached hydrogens (primary N) is 1. The van der Waals surface area contributed by atoms with E-state index in [4.69, 9.17) is 30.1 Å². The lowest BCUT2D eigenvalue weighted by Crippen LogP contribution is -2.46. The van der Waals surface area contributed by atoms with Crippen LogP contribution in [0.25, 0.3) is 5.52 Å². The standard InChI is InChI=1S/C33H33N5O4/c34-22-33(29-17-16-27-32(35)36-23-37-38(27)29)31(41-20-26-14-8-3-9-15-26)30(40-19-25-12-6-2-7-13-25)28(42-33)21-39-18-24-10-4-1-5-11-24/h1-17,22-23,28,30-31,34H,18-21H2,(H2,35,36,37)/t28-,30-,31-,33?/m1/s1. The maximum Gasteiger partial charge on any atom is 0.173 e. The molecule has 0 bridgehead atoms. The normalized spacial score (nSPS) is 22.0. The number of ether oxygens (including phenoxy) is 4. The first-order valence-corrected chi connectivity index (χ1v) is 13.9. The topological polar surface area (TPSA) is 117 Å². The van der Waals surface area contributed by atoms with E-state index in [-0.39, 0.29) is 6.61 Å². The van der Waals surface area contributed by atoms with E-state index in [9.17, 15) is 0 Å². The molecule has 1 unspecified atom stereocenters. The summed E-state index contributed by atoms with van der Waals surface area (Å²) in [5, 5.41) is 13.2. The number of benzene rings is 3. The zero-order chi connectivity index (χ0) is 28.8. The van der Waals surface area contributed by atoms with E-state index in [2.05, 4.69) is 10.1 Å². The Morgan fingerprint density at radius 2 is 1.40 bits per heavy atom. The second-order valence-corrected chi connectivity index (χ2v) is 10.2. The summed E-state index contributed by atoms with van der Waals surface area (Å²) in [5.41, 5.74) is 9.10. The van der Waals surface area contributed by atoms with Gasteiger partial charge >= 0.3 is 0 Å². The summed E-state index contributed by atoms with van der Waals surface area (Å²) in [4.78, 5) is 4.13. The summed E-state index contributed by atoms with van der Waals surface area (Å²) in [6.07, 6.45) is 0.833. The van der Waals surface area contributed by atoms with Gasteiger partial charge in [-0.05, 0) is 28.8 Å². The molecule has 1 saturated heterocycles. The number of nitrogens with zero attached hydrogens (tertiary/aromatic N) is 3. The fourth-order valence-corrected chi connectivity index (χ4v) is 5.40. The highest BCUT2D eigenvalue weighted by Crippen LogP contribution is 2.43. The highest BCUT2D eigenvalue weighted by molar-refractivity contribution is 5.74. The Labute approximate surface area is 244 Å². The summed E-state index contributed by atoms with van der Waals surface area (Å²) >= 11 is 0. The van der Waals surface area contributed by atoms with Crippen molar-refractivity contribution >= 4 is 17.5 Å². The van der Waals surface area contributed by atoms with Crippen LogP contribution in [0.3, 0.4) is 0 Å². The first-order chi connectivity index (χ1) is 20.7. The average Bonchev–Trinajstić information content (AvgIpc) is 3.61. The van der Waals surface area contributed by atoms with Crippen LogP contribution in [0.4, 0.5) is 5.82 Å². The Bertz CT molecular complexity index is 1600. The molecule has 0 spiro atoms. The molecule has 0 amide bonds. The molecule has 9 nitrogen and oxygen atoms in total. The van der Waals surface area contributed by atoms with Crippen molar-refractivity contribution in [3.05, 3.63) is 132 Å². The number of aromatic nitrogens is 3. The lowest BCUT2D eigenvalue weighted by atomic mass is 9.91. The van der Waals surface area contributed by atoms with Gasteiger partial charge in [-0.25, -0.2) is 9.50 Å². The van der Waals surface area contributed by atoms with Crippen molar-refractivity contribution < 1.29 is 18.9 Å². The van der Waals surface area contributed by atoms with Crippen molar-refractivity contribution in [3.63, 3.8) is 0 Å². The minimum Gasteiger partial charge on any atom is -0.382 e. The summed E-state index contributed by atoms with van der Waals surface area (Å²) in [5.74, 6) is 0.329. The van der Waals surface area contributed by atoms with E-state index in [1.165, 1.54) is 12.5 Å². The zero-order valence-corrected chi connectivity index (χ0v) is 23.1. The number of hydrogen-bond donors (Lipinski definition) is 2. The first-order valence-electron chi connectivity index (χ1n) is 13.9. The Kier molecular flexibility index (Phi) is 8.34. The lowest BCUT2D eigenvalue weighted by molar-refractivity contribution is -0.0921. The van der Waals surface area contributed by atoms with Crippen LogP contribution in [0, 0.1) is 5.41 Å². The van der Waals surface area contributed by atoms with Gasteiger partial charge in [-0.3, -0.25) is 0 Å². The molecule has 0 saturated carbocycles. The van der Waals surface area contributed by atoms with E-state index in [0.29, 0.717) is 36.8 Å². The number of nitrogens with one attached hydrogen (secondary N) is 1. The smallest absolute Gasteiger partial charge is 0.173 e. The van der Waals surface area contributed by atoms with Gasteiger partial charge in [0.1, 0.15) is 30.2 Å². The quantitative estimate of drug-likeness (QED) is 0.207. The second kappa shape index (κ2) is 12.6. The highest BCUT2D eigenvalue weighted by atomic mass is 16.6. The van der Waals surface area contributed by atoms with E-state index in [0.717, 1.165) is 16.7 Å². The Balaban J connectivity index is 1.37. The predicted octanol–water partition coefficient (Wildman–Crippen LogP) is 4.94. The molecule has 2 aromatic heterocycles. The molecular formula is C33H33N5O4. The van der Waals surface area contributed by atoms with E-state index < -0.39 is 23.9 Å². The highest BCUT2D eigenvalue weighted by Gasteiger charge is 2.58. The summed E-state index contributed by atoms with van der Waals surface area (Å²) in [6.45, 7) is 1.29. The summed E-state index contributed by atoms with van der Waals surface area (Å²) in [6, 6.07) is 33.5. The molecular weight excluding hydrogens is 530 g/mol. The average molecular weight is 564 g/mol. The SMILES string of the molecule is N=CC1(c2ccc3c(N)ncnn23)O[C@H](COCc2ccccc2)[C@@H](OCc2ccccc2)[C@H]1OCc1ccccc1. The molecule has 3 heterocycles. The molecule has 1 aliphatic heterocycles. The maximum atomic E-state index is 8.74. The van der Waals surface area contributed by atoms with Gasteiger partial charge in [0.2, 0.25) is 0 Å². The number of anilines is 1. The fraction of sp³-hybridized carbons (Fsp3) is 0.242. The molecule has 0 radical (unpaired) electrons. The van der Waals surface area contributed by atoms with Gasteiger partial charge in [0, 0.05) is 6.21 Å². The van der Waals surface area contributed by atoms with Crippen molar-refractivity contribution in [2.45, 2.75) is 43.7 Å². The van der Waals surface area contributed by atoms with Crippen molar-refractivity contribution in [1.82, 2.24) is 14.6 Å². The van der Waals surface area contributed by atoms with Crippen LogP contribution in [-0.4, -0.2) is 45.7 Å². The van der Waals surface area contributed by atoms with Crippen molar-refractivity contribution in [2.24, 2.45) is 0 Å². The van der Waals surface area contributed by atoms with E-state index >= 15 is 0 Å². The third kappa shape index (κ3) is 5.68. The lowest BCUT2D eigenvalue weighted by Gasteiger charge is -2.31. The van der Waals surface area contributed by atoms with E-state index in [1.807, 2.05) is 103 Å². The molecule has 3 aromatic carbocycles. The maximum absolute atomic E-state index is 8.74. The van der Waals surface area contributed by atoms with Gasteiger partial charge in [0.05, 0.1) is 32.1 Å². The molecule has 5 aromatic rings. The Morgan fingerprint density at radius 3 is 2.02 bits per heavy atom. The molecule has 9 heteroatoms. The van der Waals surface area contributed by atoms with Crippen LogP contribution in [0.15, 0.2) is 109 Å². The summed E-state index contributed by atoms with van der Waals surface area (Å²) < 4.78 is 27.9. The second-order valence-electron chi connectivity index (χ2n) is 10.2. The van der Waals surface area contributed by atoms with Crippen LogP contribution in [0.2, 0.25) is 0 Å². The zero-order valence-electron chi connectivity index (χ0n) is 23.1. The third-order valence-electron chi connectivity index (χ3n) is 7.48. The molecule has 214 valence electrons. The molecule has 6 rings (SSSR count). The molecule has 3 N–H and O–H groups in total.